The minimum absolute atomic E-state index is 0.0295. The summed E-state index contributed by atoms with van der Waals surface area (Å²) in [5.41, 5.74) is 1.72. The lowest BCUT2D eigenvalue weighted by Gasteiger charge is -2.32. The van der Waals surface area contributed by atoms with Crippen LogP contribution in [0.5, 0.6) is 11.5 Å². The molecule has 2 aromatic rings. The normalized spacial score (nSPS) is 14.4. The van der Waals surface area contributed by atoms with Gasteiger partial charge in [-0.1, -0.05) is 23.8 Å². The second kappa shape index (κ2) is 9.26. The second-order valence-corrected chi connectivity index (χ2v) is 6.96. The van der Waals surface area contributed by atoms with Crippen LogP contribution in [0.15, 0.2) is 48.5 Å². The molecule has 3 rings (SSSR count). The Labute approximate surface area is 165 Å². The fourth-order valence-electron chi connectivity index (χ4n) is 3.18. The molecular weight excluding hydrogens is 356 g/mol. The monoisotopic (exact) mass is 382 g/mol. The molecule has 0 saturated carbocycles. The zero-order chi connectivity index (χ0) is 19.9. The maximum Gasteiger partial charge on any atom is 0.260 e. The fourth-order valence-corrected chi connectivity index (χ4v) is 3.18. The minimum atomic E-state index is -0.119. The summed E-state index contributed by atoms with van der Waals surface area (Å²) in [6, 6.07) is 14.8. The predicted molar refractivity (Wildman–Crippen MR) is 107 cm³/mol. The first-order valence-electron chi connectivity index (χ1n) is 9.47. The number of rotatable bonds is 6. The van der Waals surface area contributed by atoms with Crippen molar-refractivity contribution in [3.8, 4) is 11.5 Å². The molecule has 0 bridgehead atoms. The van der Waals surface area contributed by atoms with Crippen molar-refractivity contribution in [1.29, 1.82) is 0 Å². The Balaban J connectivity index is 1.44. The van der Waals surface area contributed by atoms with Crippen LogP contribution >= 0.6 is 0 Å². The van der Waals surface area contributed by atoms with Crippen molar-refractivity contribution in [2.75, 3.05) is 26.8 Å². The molecule has 2 amide bonds. The molecule has 1 N–H and O–H groups in total. The number of ether oxygens (including phenoxy) is 2. The Morgan fingerprint density at radius 2 is 1.79 bits per heavy atom. The summed E-state index contributed by atoms with van der Waals surface area (Å²) in [4.78, 5) is 26.6. The van der Waals surface area contributed by atoms with Gasteiger partial charge in [-0.05, 0) is 50.1 Å². The standard InChI is InChI=1S/C22H26N2O4/c1-16-6-8-19(9-7-16)28-15-21(25)24-12-10-18(11-13-24)23-22(26)17-4-3-5-20(14-17)27-2/h3-9,14,18H,10-13,15H2,1-2H3,(H,23,26). The number of carbonyl (C=O) groups excluding carboxylic acids is 2. The molecule has 1 aliphatic heterocycles. The van der Waals surface area contributed by atoms with Crippen molar-refractivity contribution in [3.05, 3.63) is 59.7 Å². The Morgan fingerprint density at radius 3 is 2.46 bits per heavy atom. The summed E-state index contributed by atoms with van der Waals surface area (Å²) in [7, 11) is 1.58. The summed E-state index contributed by atoms with van der Waals surface area (Å²) in [6.45, 7) is 3.26. The van der Waals surface area contributed by atoms with Gasteiger partial charge in [-0.2, -0.15) is 0 Å². The second-order valence-electron chi connectivity index (χ2n) is 6.96. The number of hydrogen-bond donors (Lipinski definition) is 1. The summed E-state index contributed by atoms with van der Waals surface area (Å²) < 4.78 is 10.7. The number of hydrogen-bond acceptors (Lipinski definition) is 4. The number of benzene rings is 2. The predicted octanol–water partition coefficient (Wildman–Crippen LogP) is 2.80. The molecule has 148 valence electrons. The van der Waals surface area contributed by atoms with Gasteiger partial charge in [0.15, 0.2) is 6.61 Å². The first kappa shape index (κ1) is 19.7. The third kappa shape index (κ3) is 5.25. The Bertz CT molecular complexity index is 812. The molecule has 6 heteroatoms. The third-order valence-electron chi connectivity index (χ3n) is 4.90. The van der Waals surface area contributed by atoms with Crippen molar-refractivity contribution in [3.63, 3.8) is 0 Å². The number of nitrogens with one attached hydrogen (secondary N) is 1. The number of nitrogens with zero attached hydrogens (tertiary/aromatic N) is 1. The van der Waals surface area contributed by atoms with Crippen LogP contribution in [-0.2, 0) is 4.79 Å². The van der Waals surface area contributed by atoms with Gasteiger partial charge in [0, 0.05) is 24.7 Å². The Hall–Kier alpha value is -3.02. The maximum absolute atomic E-state index is 12.4. The van der Waals surface area contributed by atoms with E-state index in [1.54, 1.807) is 36.3 Å². The SMILES string of the molecule is COc1cccc(C(=O)NC2CCN(C(=O)COc3ccc(C)cc3)CC2)c1. The molecule has 2 aromatic carbocycles. The highest BCUT2D eigenvalue weighted by Crippen LogP contribution is 2.16. The number of methoxy groups -OCH3 is 1. The molecule has 28 heavy (non-hydrogen) atoms. The molecule has 6 nitrogen and oxygen atoms in total. The van der Waals surface area contributed by atoms with E-state index in [2.05, 4.69) is 5.32 Å². The van der Waals surface area contributed by atoms with Gasteiger partial charge < -0.3 is 19.7 Å². The lowest BCUT2D eigenvalue weighted by Crippen LogP contribution is -2.47. The van der Waals surface area contributed by atoms with Gasteiger partial charge in [0.25, 0.3) is 11.8 Å². The zero-order valence-corrected chi connectivity index (χ0v) is 16.3. The van der Waals surface area contributed by atoms with Crippen LogP contribution < -0.4 is 14.8 Å². The van der Waals surface area contributed by atoms with Crippen molar-refractivity contribution >= 4 is 11.8 Å². The molecule has 0 radical (unpaired) electrons. The Kier molecular flexibility index (Phi) is 6.53. The lowest BCUT2D eigenvalue weighted by atomic mass is 10.0. The molecule has 1 saturated heterocycles. The maximum atomic E-state index is 12.4. The third-order valence-corrected chi connectivity index (χ3v) is 4.90. The van der Waals surface area contributed by atoms with Crippen LogP contribution in [0.3, 0.4) is 0 Å². The smallest absolute Gasteiger partial charge is 0.260 e. The topological polar surface area (TPSA) is 67.9 Å². The number of aryl methyl sites for hydroxylation is 1. The molecule has 0 unspecified atom stereocenters. The largest absolute Gasteiger partial charge is 0.497 e. The number of carbonyl (C=O) groups is 2. The molecular formula is C22H26N2O4. The van der Waals surface area contributed by atoms with E-state index in [1.165, 1.54) is 0 Å². The summed E-state index contributed by atoms with van der Waals surface area (Å²) in [6.07, 6.45) is 1.46. The van der Waals surface area contributed by atoms with Gasteiger partial charge >= 0.3 is 0 Å². The molecule has 1 heterocycles. The molecule has 0 atom stereocenters. The van der Waals surface area contributed by atoms with E-state index in [9.17, 15) is 9.59 Å². The minimum Gasteiger partial charge on any atom is -0.497 e. The van der Waals surface area contributed by atoms with Gasteiger partial charge in [0.1, 0.15) is 11.5 Å². The van der Waals surface area contributed by atoms with E-state index < -0.39 is 0 Å². The van der Waals surface area contributed by atoms with Crippen molar-refractivity contribution in [2.45, 2.75) is 25.8 Å². The highest BCUT2D eigenvalue weighted by molar-refractivity contribution is 5.94. The summed E-state index contributed by atoms with van der Waals surface area (Å²) in [5, 5.41) is 3.05. The van der Waals surface area contributed by atoms with Gasteiger partial charge in [-0.25, -0.2) is 0 Å². The van der Waals surface area contributed by atoms with Gasteiger partial charge in [-0.15, -0.1) is 0 Å². The fraction of sp³-hybridized carbons (Fsp3) is 0.364. The average molecular weight is 382 g/mol. The van der Waals surface area contributed by atoms with Gasteiger partial charge in [-0.3, -0.25) is 9.59 Å². The van der Waals surface area contributed by atoms with Gasteiger partial charge in [0.2, 0.25) is 0 Å². The number of likely N-dealkylation sites (tertiary alicyclic amines) is 1. The molecule has 1 fully saturated rings. The van der Waals surface area contributed by atoms with Crippen LogP contribution in [0, 0.1) is 6.92 Å². The van der Waals surface area contributed by atoms with Crippen LogP contribution in [0.1, 0.15) is 28.8 Å². The van der Waals surface area contributed by atoms with E-state index in [-0.39, 0.29) is 24.5 Å². The van der Waals surface area contributed by atoms with Crippen molar-refractivity contribution < 1.29 is 19.1 Å². The first-order valence-corrected chi connectivity index (χ1v) is 9.47. The van der Waals surface area contributed by atoms with Crippen LogP contribution in [0.25, 0.3) is 0 Å². The summed E-state index contributed by atoms with van der Waals surface area (Å²) >= 11 is 0. The van der Waals surface area contributed by atoms with Crippen molar-refractivity contribution in [2.24, 2.45) is 0 Å². The number of piperidine rings is 1. The zero-order valence-electron chi connectivity index (χ0n) is 16.3. The van der Waals surface area contributed by atoms with Gasteiger partial charge in [0.05, 0.1) is 7.11 Å². The van der Waals surface area contributed by atoms with E-state index in [4.69, 9.17) is 9.47 Å². The van der Waals surface area contributed by atoms with E-state index in [0.717, 1.165) is 18.4 Å². The highest BCUT2D eigenvalue weighted by atomic mass is 16.5. The van der Waals surface area contributed by atoms with Crippen LogP contribution in [0.2, 0.25) is 0 Å². The van der Waals surface area contributed by atoms with Crippen molar-refractivity contribution in [1.82, 2.24) is 10.2 Å². The first-order chi connectivity index (χ1) is 13.5. The molecule has 0 spiro atoms. The average Bonchev–Trinajstić information content (AvgIpc) is 2.73. The van der Waals surface area contributed by atoms with E-state index >= 15 is 0 Å². The van der Waals surface area contributed by atoms with E-state index in [1.807, 2.05) is 31.2 Å². The van der Waals surface area contributed by atoms with Crippen LogP contribution in [0.4, 0.5) is 0 Å². The summed E-state index contributed by atoms with van der Waals surface area (Å²) in [5.74, 6) is 1.20. The molecule has 1 aliphatic rings. The quantitative estimate of drug-likeness (QED) is 0.834. The molecule has 0 aromatic heterocycles. The lowest BCUT2D eigenvalue weighted by molar-refractivity contribution is -0.134. The molecule has 0 aliphatic carbocycles. The Morgan fingerprint density at radius 1 is 1.07 bits per heavy atom. The highest BCUT2D eigenvalue weighted by Gasteiger charge is 2.24. The number of amides is 2. The van der Waals surface area contributed by atoms with Crippen LogP contribution in [-0.4, -0.2) is 49.6 Å². The van der Waals surface area contributed by atoms with E-state index in [0.29, 0.717) is 30.2 Å².